The van der Waals surface area contributed by atoms with Crippen LogP contribution < -0.4 is 9.88 Å². The summed E-state index contributed by atoms with van der Waals surface area (Å²) in [5, 5.41) is 5.53. The zero-order chi connectivity index (χ0) is 17.7. The highest BCUT2D eigenvalue weighted by Gasteiger charge is 2.26. The van der Waals surface area contributed by atoms with E-state index in [9.17, 15) is 8.60 Å². The normalized spacial score (nSPS) is 14.2. The lowest BCUT2D eigenvalue weighted by Crippen LogP contribution is -2.33. The van der Waals surface area contributed by atoms with Gasteiger partial charge < -0.3 is 4.74 Å². The van der Waals surface area contributed by atoms with Crippen LogP contribution in [0.4, 0.5) is 4.39 Å². The highest BCUT2D eigenvalue weighted by Crippen LogP contribution is 2.28. The van der Waals surface area contributed by atoms with Crippen LogP contribution in [0, 0.1) is 5.82 Å². The van der Waals surface area contributed by atoms with Gasteiger partial charge in [0.15, 0.2) is 0 Å². The molecule has 2 rings (SSSR count). The van der Waals surface area contributed by atoms with E-state index in [4.69, 9.17) is 9.88 Å². The minimum atomic E-state index is -1.38. The molecule has 6 heteroatoms. The molecule has 130 valence electrons. The summed E-state index contributed by atoms with van der Waals surface area (Å²) in [6.07, 6.45) is 2.42. The summed E-state index contributed by atoms with van der Waals surface area (Å²) >= 11 is 0. The SMILES string of the molecule is C[C@H](CC(C)(C)S(N)=O)c1ccc(OCc2ccccc2F)nc1. The maximum Gasteiger partial charge on any atom is 0.213 e. The molecule has 2 aromatic rings. The number of benzene rings is 1. The van der Waals surface area contributed by atoms with E-state index in [-0.39, 0.29) is 18.3 Å². The van der Waals surface area contributed by atoms with Gasteiger partial charge in [0.05, 0.1) is 15.7 Å². The fraction of sp³-hybridized carbons (Fsp3) is 0.389. The van der Waals surface area contributed by atoms with Crippen molar-refractivity contribution >= 4 is 11.0 Å². The van der Waals surface area contributed by atoms with Crippen molar-refractivity contribution in [1.82, 2.24) is 4.98 Å². The van der Waals surface area contributed by atoms with Gasteiger partial charge in [-0.25, -0.2) is 13.6 Å². The number of aromatic nitrogens is 1. The number of hydrogen-bond donors (Lipinski definition) is 1. The fourth-order valence-electron chi connectivity index (χ4n) is 2.47. The molecule has 0 aliphatic rings. The zero-order valence-corrected chi connectivity index (χ0v) is 15.0. The molecular formula is C18H23FN2O2S. The van der Waals surface area contributed by atoms with Crippen LogP contribution >= 0.6 is 0 Å². The minimum Gasteiger partial charge on any atom is -0.473 e. The molecule has 4 nitrogen and oxygen atoms in total. The maximum absolute atomic E-state index is 13.5. The molecular weight excluding hydrogens is 327 g/mol. The molecule has 1 heterocycles. The molecule has 0 amide bonds. The smallest absolute Gasteiger partial charge is 0.213 e. The molecule has 1 aromatic carbocycles. The molecule has 1 aromatic heterocycles. The van der Waals surface area contributed by atoms with Crippen LogP contribution in [0.1, 0.15) is 44.2 Å². The molecule has 2 N–H and O–H groups in total. The number of nitrogens with two attached hydrogens (primary N) is 1. The van der Waals surface area contributed by atoms with Gasteiger partial charge in [0, 0.05) is 17.8 Å². The summed E-state index contributed by atoms with van der Waals surface area (Å²) in [7, 11) is -1.38. The van der Waals surface area contributed by atoms with Gasteiger partial charge in [0.1, 0.15) is 12.4 Å². The highest BCUT2D eigenvalue weighted by atomic mass is 32.2. The largest absolute Gasteiger partial charge is 0.473 e. The Balaban J connectivity index is 1.98. The molecule has 0 aliphatic heterocycles. The van der Waals surface area contributed by atoms with Crippen molar-refractivity contribution in [2.75, 3.05) is 0 Å². The average Bonchev–Trinajstić information content (AvgIpc) is 2.54. The van der Waals surface area contributed by atoms with Gasteiger partial charge in [-0.15, -0.1) is 0 Å². The molecule has 24 heavy (non-hydrogen) atoms. The predicted octanol–water partition coefficient (Wildman–Crippen LogP) is 3.69. The second-order valence-electron chi connectivity index (χ2n) is 6.47. The number of pyridine rings is 1. The lowest BCUT2D eigenvalue weighted by molar-refractivity contribution is 0.288. The summed E-state index contributed by atoms with van der Waals surface area (Å²) in [5.41, 5.74) is 1.51. The van der Waals surface area contributed by atoms with E-state index in [2.05, 4.69) is 4.98 Å². The van der Waals surface area contributed by atoms with E-state index in [0.717, 1.165) is 5.56 Å². The first-order valence-electron chi connectivity index (χ1n) is 7.78. The Labute approximate surface area is 144 Å². The van der Waals surface area contributed by atoms with E-state index in [1.165, 1.54) is 6.07 Å². The van der Waals surface area contributed by atoms with Gasteiger partial charge in [0.2, 0.25) is 5.88 Å². The molecule has 0 saturated carbocycles. The van der Waals surface area contributed by atoms with Crippen molar-refractivity contribution in [2.45, 2.75) is 44.5 Å². The molecule has 0 bridgehead atoms. The second-order valence-corrected chi connectivity index (χ2v) is 8.17. The van der Waals surface area contributed by atoms with Gasteiger partial charge in [-0.3, -0.25) is 5.14 Å². The standard InChI is InChI=1S/C18H23FN2O2S/c1-13(10-18(2,3)24(20)22)14-8-9-17(21-11-14)23-12-15-6-4-5-7-16(15)19/h4-9,11,13H,10,12,20H2,1-3H3/t13-,24?/m1/s1. The van der Waals surface area contributed by atoms with Gasteiger partial charge in [-0.2, -0.15) is 0 Å². The molecule has 0 saturated heterocycles. The third kappa shape index (κ3) is 4.85. The van der Waals surface area contributed by atoms with Gasteiger partial charge in [0.25, 0.3) is 0 Å². The summed E-state index contributed by atoms with van der Waals surface area (Å²) in [6.45, 7) is 5.96. The monoisotopic (exact) mass is 350 g/mol. The second kappa shape index (κ2) is 7.85. The molecule has 1 unspecified atom stereocenters. The molecule has 0 fully saturated rings. The Morgan fingerprint density at radius 2 is 2.00 bits per heavy atom. The van der Waals surface area contributed by atoms with Crippen LogP contribution in [0.25, 0.3) is 0 Å². The Kier molecular flexibility index (Phi) is 6.07. The van der Waals surface area contributed by atoms with Crippen molar-refractivity contribution < 1.29 is 13.3 Å². The van der Waals surface area contributed by atoms with Crippen molar-refractivity contribution in [3.63, 3.8) is 0 Å². The Hall–Kier alpha value is -1.79. The van der Waals surface area contributed by atoms with Crippen LogP contribution in [0.2, 0.25) is 0 Å². The molecule has 2 atom stereocenters. The predicted molar refractivity (Wildman–Crippen MR) is 94.4 cm³/mol. The Bertz CT molecular complexity index is 704. The minimum absolute atomic E-state index is 0.133. The van der Waals surface area contributed by atoms with Crippen molar-refractivity contribution in [1.29, 1.82) is 0 Å². The lowest BCUT2D eigenvalue weighted by atomic mass is 9.92. The maximum atomic E-state index is 13.5. The van der Waals surface area contributed by atoms with Gasteiger partial charge in [-0.05, 0) is 37.8 Å². The Morgan fingerprint density at radius 1 is 1.29 bits per heavy atom. The fourth-order valence-corrected chi connectivity index (χ4v) is 2.89. The summed E-state index contributed by atoms with van der Waals surface area (Å²) in [4.78, 5) is 4.27. The summed E-state index contributed by atoms with van der Waals surface area (Å²) in [5.74, 6) is 0.316. The number of ether oxygens (including phenoxy) is 1. The van der Waals surface area contributed by atoms with Crippen LogP contribution in [0.15, 0.2) is 42.6 Å². The van der Waals surface area contributed by atoms with E-state index in [1.54, 1.807) is 30.5 Å². The third-order valence-electron chi connectivity index (χ3n) is 4.00. The molecule has 0 radical (unpaired) electrons. The van der Waals surface area contributed by atoms with Gasteiger partial charge >= 0.3 is 0 Å². The summed E-state index contributed by atoms with van der Waals surface area (Å²) in [6, 6.07) is 10.2. The van der Waals surface area contributed by atoms with Crippen LogP contribution in [-0.2, 0) is 17.6 Å². The van der Waals surface area contributed by atoms with Crippen LogP contribution in [0.3, 0.4) is 0 Å². The van der Waals surface area contributed by atoms with Crippen LogP contribution in [-0.4, -0.2) is 13.9 Å². The van der Waals surface area contributed by atoms with Crippen molar-refractivity contribution in [3.05, 3.63) is 59.5 Å². The quantitative estimate of drug-likeness (QED) is 0.828. The number of nitrogens with zero attached hydrogens (tertiary/aromatic N) is 1. The van der Waals surface area contributed by atoms with E-state index in [0.29, 0.717) is 17.9 Å². The topological polar surface area (TPSA) is 65.2 Å². The number of halogens is 1. The van der Waals surface area contributed by atoms with E-state index >= 15 is 0 Å². The van der Waals surface area contributed by atoms with Gasteiger partial charge in [-0.1, -0.05) is 31.2 Å². The highest BCUT2D eigenvalue weighted by molar-refractivity contribution is 7.84. The first-order valence-corrected chi connectivity index (χ1v) is 8.99. The number of hydrogen-bond acceptors (Lipinski definition) is 3. The molecule has 0 aliphatic carbocycles. The van der Waals surface area contributed by atoms with Crippen molar-refractivity contribution in [3.8, 4) is 5.88 Å². The lowest BCUT2D eigenvalue weighted by Gasteiger charge is -2.25. The summed E-state index contributed by atoms with van der Waals surface area (Å²) < 4.78 is 30.2. The van der Waals surface area contributed by atoms with Crippen molar-refractivity contribution in [2.24, 2.45) is 5.14 Å². The first kappa shape index (κ1) is 18.5. The number of rotatable bonds is 7. The third-order valence-corrected chi connectivity index (χ3v) is 5.26. The van der Waals surface area contributed by atoms with E-state index in [1.807, 2.05) is 26.8 Å². The molecule has 0 spiro atoms. The average molecular weight is 350 g/mol. The van der Waals surface area contributed by atoms with E-state index < -0.39 is 15.7 Å². The van der Waals surface area contributed by atoms with Crippen LogP contribution in [0.5, 0.6) is 5.88 Å². The zero-order valence-electron chi connectivity index (χ0n) is 14.2. The Morgan fingerprint density at radius 3 is 2.58 bits per heavy atom. The first-order chi connectivity index (χ1) is 11.3.